The summed E-state index contributed by atoms with van der Waals surface area (Å²) < 4.78 is 73.8. The van der Waals surface area contributed by atoms with Gasteiger partial charge < -0.3 is 56.8 Å². The van der Waals surface area contributed by atoms with Gasteiger partial charge in [0.05, 0.1) is 39.3 Å². The van der Waals surface area contributed by atoms with Gasteiger partial charge >= 0.3 is 11.9 Å². The van der Waals surface area contributed by atoms with Crippen LogP contribution in [0, 0.1) is 0 Å². The molecule has 0 saturated heterocycles. The van der Waals surface area contributed by atoms with Gasteiger partial charge in [-0.3, -0.25) is 0 Å². The monoisotopic (exact) mass is 860 g/mol. The molecule has 61 heavy (non-hydrogen) atoms. The van der Waals surface area contributed by atoms with E-state index >= 15 is 0 Å². The molecule has 0 unspecified atom stereocenters. The summed E-state index contributed by atoms with van der Waals surface area (Å²) in [6.07, 6.45) is 1.66. The van der Waals surface area contributed by atoms with Gasteiger partial charge in [0, 0.05) is 67.3 Å². The Bertz CT molecular complexity index is 1540. The summed E-state index contributed by atoms with van der Waals surface area (Å²) in [5.74, 6) is -2.68. The number of hydrogen-bond donors (Lipinski definition) is 0. The first-order valence-electron chi connectivity index (χ1n) is 21.5. The van der Waals surface area contributed by atoms with E-state index < -0.39 is 29.3 Å². The molecule has 0 radical (unpaired) electrons. The number of carbonyl (C=O) groups excluding carboxylic acids is 2. The second-order valence-electron chi connectivity index (χ2n) is 14.4. The van der Waals surface area contributed by atoms with Crippen molar-refractivity contribution in [1.29, 1.82) is 0 Å². The number of rotatable bonds is 32. The molecule has 2 rings (SSSR count). The molecule has 0 bridgehead atoms. The zero-order valence-corrected chi connectivity index (χ0v) is 38.8. The maximum Gasteiger partial charge on any atom is 0.338 e. The van der Waals surface area contributed by atoms with Crippen LogP contribution >= 0.6 is 0 Å². The maximum atomic E-state index is 13.0. The van der Waals surface area contributed by atoms with E-state index in [9.17, 15) is 9.59 Å². The lowest BCUT2D eigenvalue weighted by atomic mass is 9.76. The lowest BCUT2D eigenvalue weighted by Crippen LogP contribution is -2.41. The van der Waals surface area contributed by atoms with Gasteiger partial charge in [-0.1, -0.05) is 53.0 Å². The zero-order valence-electron chi connectivity index (χ0n) is 38.8. The average molecular weight is 861 g/mol. The molecule has 2 aromatic rings. The predicted octanol–water partition coefficient (Wildman–Crippen LogP) is 9.62. The first-order valence-corrected chi connectivity index (χ1v) is 21.5. The number of benzene rings is 2. The summed E-state index contributed by atoms with van der Waals surface area (Å²) in [5.41, 5.74) is 0.696. The zero-order chi connectivity index (χ0) is 45.6. The Morgan fingerprint density at radius 3 is 1.03 bits per heavy atom. The Kier molecular flexibility index (Phi) is 22.9. The van der Waals surface area contributed by atoms with Gasteiger partial charge in [-0.15, -0.1) is 0 Å². The van der Waals surface area contributed by atoms with Crippen molar-refractivity contribution in [1.82, 2.24) is 0 Å². The highest BCUT2D eigenvalue weighted by Crippen LogP contribution is 2.52. The minimum Gasteiger partial charge on any atom is -0.489 e. The van der Waals surface area contributed by atoms with Gasteiger partial charge in [0.25, 0.3) is 11.9 Å². The van der Waals surface area contributed by atoms with Crippen molar-refractivity contribution in [2.45, 2.75) is 126 Å². The molecule has 0 N–H and O–H groups in total. The third-order valence-electron chi connectivity index (χ3n) is 9.00. The van der Waals surface area contributed by atoms with Crippen LogP contribution in [0.4, 0.5) is 0 Å². The molecule has 0 aliphatic carbocycles. The highest BCUT2D eigenvalue weighted by molar-refractivity contribution is 5.90. The number of carbonyl (C=O) groups is 2. The van der Waals surface area contributed by atoms with E-state index in [2.05, 4.69) is 13.2 Å². The van der Waals surface area contributed by atoms with E-state index in [1.807, 2.05) is 81.4 Å². The molecule has 14 heteroatoms. The van der Waals surface area contributed by atoms with Gasteiger partial charge in [-0.2, -0.15) is 0 Å². The van der Waals surface area contributed by atoms with Gasteiger partial charge in [-0.05, 0) is 80.4 Å². The Balaban J connectivity index is 3.02. The van der Waals surface area contributed by atoms with Crippen LogP contribution in [0.25, 0.3) is 0 Å². The van der Waals surface area contributed by atoms with Crippen LogP contribution in [-0.4, -0.2) is 90.0 Å². The Morgan fingerprint density at radius 1 is 0.475 bits per heavy atom. The molecule has 0 aliphatic rings. The molecule has 0 saturated carbocycles. The summed E-state index contributed by atoms with van der Waals surface area (Å²) >= 11 is 0. The van der Waals surface area contributed by atoms with E-state index in [1.165, 1.54) is 0 Å². The smallest absolute Gasteiger partial charge is 0.338 e. The van der Waals surface area contributed by atoms with E-state index in [0.29, 0.717) is 75.1 Å². The molecule has 14 nitrogen and oxygen atoms in total. The highest BCUT2D eigenvalue weighted by atomic mass is 16.9. The van der Waals surface area contributed by atoms with E-state index in [-0.39, 0.29) is 73.4 Å². The third-order valence-corrected chi connectivity index (χ3v) is 9.00. The van der Waals surface area contributed by atoms with E-state index in [0.717, 1.165) is 0 Å². The van der Waals surface area contributed by atoms with Crippen molar-refractivity contribution >= 4 is 11.9 Å². The van der Waals surface area contributed by atoms with E-state index in [4.69, 9.17) is 56.8 Å². The van der Waals surface area contributed by atoms with Gasteiger partial charge in [0.2, 0.25) is 11.5 Å². The average Bonchev–Trinajstić information content (AvgIpc) is 3.20. The Hall–Kier alpha value is -4.18. The summed E-state index contributed by atoms with van der Waals surface area (Å²) in [6.45, 7) is 32.4. The molecule has 2 aromatic carbocycles. The number of esters is 2. The molecule has 0 heterocycles. The summed E-state index contributed by atoms with van der Waals surface area (Å²) in [5, 5.41) is 0. The fourth-order valence-corrected chi connectivity index (χ4v) is 6.28. The standard InChI is InChI=1S/C47H72O14/c1-15-29-50-41-37(60-43(48)33(9)10)25-23-35(39(41)52-31-27-46(54-17-3,55-18-4)56-19-5)45(13,14)36-24-26-38(61-44(49)34(11)12)42(51-30-16-2)40(36)53-32-28-47(57-20-6,58-21-7)59-22-8/h23-26H,9,11,15-22,27-32H2,1-8,10,12-14H3. The maximum absolute atomic E-state index is 13.0. The van der Waals surface area contributed by atoms with Crippen molar-refractivity contribution in [3.8, 4) is 34.5 Å². The molecule has 0 spiro atoms. The fourth-order valence-electron chi connectivity index (χ4n) is 6.28. The number of ether oxygens (including phenoxy) is 12. The first-order chi connectivity index (χ1) is 29.1. The number of hydrogen-bond acceptors (Lipinski definition) is 14. The first kappa shape index (κ1) is 53.0. The minimum absolute atomic E-state index is 0.0435. The second-order valence-corrected chi connectivity index (χ2v) is 14.4. The van der Waals surface area contributed by atoms with Crippen LogP contribution in [0.2, 0.25) is 0 Å². The lowest BCUT2D eigenvalue weighted by molar-refractivity contribution is -0.381. The SMILES string of the molecule is C=C(C)C(=O)Oc1ccc(C(C)(C)c2ccc(OC(=O)C(=C)C)c(OCCC)c2OCCC(OCC)(OCC)OCC)c(OCCC(OCC)(OCC)OCC)c1OCCC. The molecule has 0 atom stereocenters. The lowest BCUT2D eigenvalue weighted by Gasteiger charge is -2.34. The Morgan fingerprint density at radius 2 is 0.770 bits per heavy atom. The fraction of sp³-hybridized carbons (Fsp3) is 0.617. The Labute approximate surface area is 364 Å². The van der Waals surface area contributed by atoms with E-state index in [1.54, 1.807) is 26.0 Å². The summed E-state index contributed by atoms with van der Waals surface area (Å²) in [7, 11) is 0. The molecule has 0 aromatic heterocycles. The van der Waals surface area contributed by atoms with Crippen LogP contribution in [-0.2, 0) is 43.4 Å². The van der Waals surface area contributed by atoms with Gasteiger partial charge in [-0.25, -0.2) is 9.59 Å². The summed E-state index contributed by atoms with van der Waals surface area (Å²) in [6, 6.07) is 6.95. The normalized spacial score (nSPS) is 11.9. The quantitative estimate of drug-likeness (QED) is 0.0298. The minimum atomic E-state index is -1.37. The van der Waals surface area contributed by atoms with Crippen molar-refractivity contribution in [3.63, 3.8) is 0 Å². The third kappa shape index (κ3) is 15.0. The second kappa shape index (κ2) is 26.3. The van der Waals surface area contributed by atoms with Crippen molar-refractivity contribution in [2.75, 3.05) is 66.1 Å². The molecule has 344 valence electrons. The molecular weight excluding hydrogens is 789 g/mol. The predicted molar refractivity (Wildman–Crippen MR) is 233 cm³/mol. The molecule has 0 fully saturated rings. The topological polar surface area (TPSA) is 145 Å². The van der Waals surface area contributed by atoms with Gasteiger partial charge in [0.1, 0.15) is 0 Å². The van der Waals surface area contributed by atoms with Crippen LogP contribution in [0.3, 0.4) is 0 Å². The molecule has 0 amide bonds. The van der Waals surface area contributed by atoms with Crippen molar-refractivity contribution in [3.05, 3.63) is 59.7 Å². The van der Waals surface area contributed by atoms with Gasteiger partial charge in [0.15, 0.2) is 23.0 Å². The molecular formula is C47H72O14. The van der Waals surface area contributed by atoms with Crippen LogP contribution in [0.15, 0.2) is 48.6 Å². The van der Waals surface area contributed by atoms with Crippen LogP contribution in [0.5, 0.6) is 34.5 Å². The van der Waals surface area contributed by atoms with Crippen LogP contribution in [0.1, 0.15) is 120 Å². The largest absolute Gasteiger partial charge is 0.489 e. The van der Waals surface area contributed by atoms with Crippen molar-refractivity contribution < 1.29 is 66.4 Å². The van der Waals surface area contributed by atoms with Crippen molar-refractivity contribution in [2.24, 2.45) is 0 Å². The van der Waals surface area contributed by atoms with Crippen LogP contribution < -0.4 is 28.4 Å². The summed E-state index contributed by atoms with van der Waals surface area (Å²) in [4.78, 5) is 25.9. The highest BCUT2D eigenvalue weighted by Gasteiger charge is 2.39. The molecule has 0 aliphatic heterocycles.